The van der Waals surface area contributed by atoms with E-state index in [0.29, 0.717) is 13.0 Å². The van der Waals surface area contributed by atoms with Gasteiger partial charge in [-0.1, -0.05) is 12.1 Å². The summed E-state index contributed by atoms with van der Waals surface area (Å²) in [5, 5.41) is 17.6. The van der Waals surface area contributed by atoms with E-state index in [9.17, 15) is 0 Å². The molecule has 0 bridgehead atoms. The first-order chi connectivity index (χ1) is 8.22. The van der Waals surface area contributed by atoms with E-state index in [0.717, 1.165) is 30.6 Å². The summed E-state index contributed by atoms with van der Waals surface area (Å²) in [6, 6.07) is 7.78. The molecule has 0 amide bonds. The van der Waals surface area contributed by atoms with Crippen LogP contribution in [0.3, 0.4) is 0 Å². The molecule has 0 spiro atoms. The van der Waals surface area contributed by atoms with Crippen molar-refractivity contribution in [2.75, 3.05) is 13.2 Å². The van der Waals surface area contributed by atoms with Gasteiger partial charge in [0, 0.05) is 6.61 Å². The largest absolute Gasteiger partial charge is 0.494 e. The average molecular weight is 239 g/mol. The van der Waals surface area contributed by atoms with E-state index in [1.54, 1.807) is 0 Å². The Balaban J connectivity index is 2.37. The Morgan fingerprint density at radius 3 is 2.82 bits per heavy atom. The number of nitrogens with two attached hydrogens (primary N) is 1. The molecule has 4 N–H and O–H groups in total. The standard InChI is InChI=1S/C13H21NO3/c14-13(16)7-6-11-4-3-5-12(10-11)17-9-2-1-8-15/h3-5,10,13,15-16H,1-2,6-9,14H2. The number of rotatable bonds is 8. The van der Waals surface area contributed by atoms with Crippen LogP contribution in [0.5, 0.6) is 5.75 Å². The summed E-state index contributed by atoms with van der Waals surface area (Å²) in [5.74, 6) is 0.826. The minimum Gasteiger partial charge on any atom is -0.494 e. The highest BCUT2D eigenvalue weighted by molar-refractivity contribution is 5.28. The number of aryl methyl sites for hydroxylation is 1. The Morgan fingerprint density at radius 2 is 2.12 bits per heavy atom. The number of aliphatic hydroxyl groups is 2. The molecule has 0 aliphatic heterocycles. The number of benzene rings is 1. The van der Waals surface area contributed by atoms with Gasteiger partial charge in [0.1, 0.15) is 12.0 Å². The fourth-order valence-electron chi connectivity index (χ4n) is 1.51. The maximum absolute atomic E-state index is 9.01. The summed E-state index contributed by atoms with van der Waals surface area (Å²) in [6.45, 7) is 0.821. The number of hydrogen-bond acceptors (Lipinski definition) is 4. The molecular weight excluding hydrogens is 218 g/mol. The normalized spacial score (nSPS) is 12.4. The van der Waals surface area contributed by atoms with Crippen LogP contribution < -0.4 is 10.5 Å². The molecule has 4 heteroatoms. The molecule has 0 aliphatic carbocycles. The summed E-state index contributed by atoms with van der Waals surface area (Å²) in [6.07, 6.45) is 2.14. The highest BCUT2D eigenvalue weighted by Crippen LogP contribution is 2.15. The summed E-state index contributed by atoms with van der Waals surface area (Å²) in [5.41, 5.74) is 6.40. The van der Waals surface area contributed by atoms with Gasteiger partial charge in [-0.15, -0.1) is 0 Å². The molecular formula is C13H21NO3. The molecule has 0 aliphatic rings. The summed E-state index contributed by atoms with van der Waals surface area (Å²) in [4.78, 5) is 0. The first-order valence-corrected chi connectivity index (χ1v) is 5.98. The number of unbranched alkanes of at least 4 members (excludes halogenated alkanes) is 1. The molecule has 0 saturated carbocycles. The van der Waals surface area contributed by atoms with Crippen molar-refractivity contribution in [3.8, 4) is 5.75 Å². The van der Waals surface area contributed by atoms with Crippen molar-refractivity contribution in [3.05, 3.63) is 29.8 Å². The fraction of sp³-hybridized carbons (Fsp3) is 0.538. The lowest BCUT2D eigenvalue weighted by Crippen LogP contribution is -2.19. The maximum Gasteiger partial charge on any atom is 0.119 e. The zero-order chi connectivity index (χ0) is 12.5. The molecule has 1 atom stereocenters. The number of aliphatic hydroxyl groups excluding tert-OH is 2. The minimum atomic E-state index is -0.760. The second kappa shape index (κ2) is 8.06. The van der Waals surface area contributed by atoms with Crippen LogP contribution in [0.25, 0.3) is 0 Å². The van der Waals surface area contributed by atoms with Gasteiger partial charge in [0.05, 0.1) is 6.61 Å². The van der Waals surface area contributed by atoms with Gasteiger partial charge in [-0.2, -0.15) is 0 Å². The molecule has 0 fully saturated rings. The predicted octanol–water partition coefficient (Wildman–Crippen LogP) is 1.05. The quantitative estimate of drug-likeness (QED) is 0.468. The topological polar surface area (TPSA) is 75.7 Å². The van der Waals surface area contributed by atoms with Crippen LogP contribution in [0.15, 0.2) is 24.3 Å². The van der Waals surface area contributed by atoms with Crippen molar-refractivity contribution in [1.82, 2.24) is 0 Å². The molecule has 0 aromatic heterocycles. The Morgan fingerprint density at radius 1 is 1.29 bits per heavy atom. The zero-order valence-electron chi connectivity index (χ0n) is 10.0. The Hall–Kier alpha value is -1.10. The summed E-state index contributed by atoms with van der Waals surface area (Å²) in [7, 11) is 0. The average Bonchev–Trinajstić information content (AvgIpc) is 2.33. The molecule has 1 aromatic carbocycles. The van der Waals surface area contributed by atoms with Crippen molar-refractivity contribution < 1.29 is 14.9 Å². The van der Waals surface area contributed by atoms with Crippen LogP contribution in [0, 0.1) is 0 Å². The van der Waals surface area contributed by atoms with Crippen LogP contribution in [-0.4, -0.2) is 29.7 Å². The molecule has 96 valence electrons. The number of hydrogen-bond donors (Lipinski definition) is 3. The fourth-order valence-corrected chi connectivity index (χ4v) is 1.51. The van der Waals surface area contributed by atoms with Crippen LogP contribution in [0.2, 0.25) is 0 Å². The van der Waals surface area contributed by atoms with Gasteiger partial charge in [-0.3, -0.25) is 0 Å². The van der Waals surface area contributed by atoms with E-state index in [1.807, 2.05) is 24.3 Å². The van der Waals surface area contributed by atoms with Crippen molar-refractivity contribution in [2.24, 2.45) is 5.73 Å². The first-order valence-electron chi connectivity index (χ1n) is 5.98. The van der Waals surface area contributed by atoms with E-state index in [4.69, 9.17) is 20.7 Å². The highest BCUT2D eigenvalue weighted by Gasteiger charge is 2.00. The first kappa shape index (κ1) is 14.0. The van der Waals surface area contributed by atoms with Crippen LogP contribution >= 0.6 is 0 Å². The Kier molecular flexibility index (Phi) is 6.62. The minimum absolute atomic E-state index is 0.206. The second-order valence-electron chi connectivity index (χ2n) is 4.03. The molecule has 17 heavy (non-hydrogen) atoms. The molecule has 1 unspecified atom stereocenters. The van der Waals surface area contributed by atoms with E-state index in [-0.39, 0.29) is 6.61 Å². The number of ether oxygens (including phenoxy) is 1. The van der Waals surface area contributed by atoms with Crippen molar-refractivity contribution >= 4 is 0 Å². The van der Waals surface area contributed by atoms with Gasteiger partial charge in [0.25, 0.3) is 0 Å². The van der Waals surface area contributed by atoms with Gasteiger partial charge in [0.2, 0.25) is 0 Å². The monoisotopic (exact) mass is 239 g/mol. The third-order valence-corrected chi connectivity index (χ3v) is 2.45. The third kappa shape index (κ3) is 6.26. The van der Waals surface area contributed by atoms with Gasteiger partial charge in [-0.25, -0.2) is 0 Å². The van der Waals surface area contributed by atoms with Crippen molar-refractivity contribution in [2.45, 2.75) is 31.9 Å². The lowest BCUT2D eigenvalue weighted by atomic mass is 10.1. The van der Waals surface area contributed by atoms with Crippen molar-refractivity contribution in [3.63, 3.8) is 0 Å². The van der Waals surface area contributed by atoms with Crippen LogP contribution in [0.1, 0.15) is 24.8 Å². The second-order valence-corrected chi connectivity index (χ2v) is 4.03. The van der Waals surface area contributed by atoms with E-state index >= 15 is 0 Å². The van der Waals surface area contributed by atoms with Gasteiger partial charge < -0.3 is 20.7 Å². The maximum atomic E-state index is 9.01. The highest BCUT2D eigenvalue weighted by atomic mass is 16.5. The van der Waals surface area contributed by atoms with Gasteiger partial charge in [-0.05, 0) is 43.4 Å². The van der Waals surface area contributed by atoms with Gasteiger partial charge >= 0.3 is 0 Å². The van der Waals surface area contributed by atoms with Crippen LogP contribution in [-0.2, 0) is 6.42 Å². The Bertz CT molecular complexity index is 315. The van der Waals surface area contributed by atoms with E-state index in [2.05, 4.69) is 0 Å². The van der Waals surface area contributed by atoms with Crippen molar-refractivity contribution in [1.29, 1.82) is 0 Å². The lowest BCUT2D eigenvalue weighted by molar-refractivity contribution is 0.172. The molecule has 1 aromatic rings. The molecule has 0 saturated heterocycles. The summed E-state index contributed by atoms with van der Waals surface area (Å²) < 4.78 is 5.55. The SMILES string of the molecule is NC(O)CCc1cccc(OCCCCO)c1. The molecule has 1 rings (SSSR count). The molecule has 0 heterocycles. The summed E-state index contributed by atoms with van der Waals surface area (Å²) >= 11 is 0. The lowest BCUT2D eigenvalue weighted by Gasteiger charge is -2.08. The zero-order valence-corrected chi connectivity index (χ0v) is 10.0. The van der Waals surface area contributed by atoms with E-state index < -0.39 is 6.23 Å². The van der Waals surface area contributed by atoms with E-state index in [1.165, 1.54) is 0 Å². The smallest absolute Gasteiger partial charge is 0.119 e. The van der Waals surface area contributed by atoms with Gasteiger partial charge in [0.15, 0.2) is 0 Å². The predicted molar refractivity (Wildman–Crippen MR) is 66.8 cm³/mol. The molecule has 0 radical (unpaired) electrons. The van der Waals surface area contributed by atoms with Crippen LogP contribution in [0.4, 0.5) is 0 Å². The molecule has 4 nitrogen and oxygen atoms in total. The Labute approximate surface area is 102 Å². The third-order valence-electron chi connectivity index (χ3n) is 2.45.